The van der Waals surface area contributed by atoms with Crippen LogP contribution in [-0.4, -0.2) is 27.9 Å². The highest BCUT2D eigenvalue weighted by Crippen LogP contribution is 2.22. The average molecular weight is 194 g/mol. The Balaban J connectivity index is 2.17. The summed E-state index contributed by atoms with van der Waals surface area (Å²) in [5.41, 5.74) is 0. The summed E-state index contributed by atoms with van der Waals surface area (Å²) in [6, 6.07) is 0.601. The fourth-order valence-corrected chi connectivity index (χ4v) is 2.03. The van der Waals surface area contributed by atoms with Gasteiger partial charge in [-0.1, -0.05) is 13.8 Å². The molecule has 0 saturated carbocycles. The predicted molar refractivity (Wildman–Crippen MR) is 55.3 cm³/mol. The highest BCUT2D eigenvalue weighted by molar-refractivity contribution is 4.95. The predicted octanol–water partition coefficient (Wildman–Crippen LogP) is 1.33. The van der Waals surface area contributed by atoms with Crippen LogP contribution in [0.4, 0.5) is 0 Å². The van der Waals surface area contributed by atoms with E-state index in [4.69, 9.17) is 0 Å². The summed E-state index contributed by atoms with van der Waals surface area (Å²) in [5, 5.41) is 11.6. The maximum absolute atomic E-state index is 4.18. The normalized spacial score (nSPS) is 19.1. The molecule has 1 aromatic rings. The van der Waals surface area contributed by atoms with Crippen LogP contribution in [0.3, 0.4) is 0 Å². The van der Waals surface area contributed by atoms with Crippen LogP contribution < -0.4 is 5.32 Å². The van der Waals surface area contributed by atoms with Crippen molar-refractivity contribution < 1.29 is 0 Å². The molecule has 0 aromatic carbocycles. The monoisotopic (exact) mass is 194 g/mol. The molecule has 78 valence electrons. The van der Waals surface area contributed by atoms with Gasteiger partial charge < -0.3 is 9.88 Å². The quantitative estimate of drug-likeness (QED) is 0.772. The minimum atomic E-state index is 0.465. The number of nitrogens with one attached hydrogen (secondary N) is 1. The van der Waals surface area contributed by atoms with Crippen molar-refractivity contribution in [2.24, 2.45) is 0 Å². The van der Waals surface area contributed by atoms with E-state index in [0.717, 1.165) is 18.9 Å². The zero-order chi connectivity index (χ0) is 9.97. The van der Waals surface area contributed by atoms with Crippen LogP contribution in [0.1, 0.15) is 44.5 Å². The Kier molecular flexibility index (Phi) is 2.82. The summed E-state index contributed by atoms with van der Waals surface area (Å²) in [6.07, 6.45) is 4.26. The SMILES string of the molecule is CC(C)c1nncn1C1CCNCC1. The third kappa shape index (κ3) is 1.80. The molecule has 1 aromatic heterocycles. The van der Waals surface area contributed by atoms with Crippen LogP contribution >= 0.6 is 0 Å². The van der Waals surface area contributed by atoms with Gasteiger partial charge in [0.1, 0.15) is 12.2 Å². The van der Waals surface area contributed by atoms with E-state index < -0.39 is 0 Å². The van der Waals surface area contributed by atoms with Gasteiger partial charge >= 0.3 is 0 Å². The number of rotatable bonds is 2. The van der Waals surface area contributed by atoms with Crippen molar-refractivity contribution in [3.05, 3.63) is 12.2 Å². The van der Waals surface area contributed by atoms with Crippen molar-refractivity contribution in [3.63, 3.8) is 0 Å². The first-order valence-electron chi connectivity index (χ1n) is 5.39. The zero-order valence-electron chi connectivity index (χ0n) is 8.90. The first-order chi connectivity index (χ1) is 6.79. The first kappa shape index (κ1) is 9.65. The van der Waals surface area contributed by atoms with Crippen molar-refractivity contribution in [1.82, 2.24) is 20.1 Å². The summed E-state index contributed by atoms with van der Waals surface area (Å²) in [5.74, 6) is 1.59. The number of hydrogen-bond acceptors (Lipinski definition) is 3. The molecule has 2 rings (SSSR count). The minimum absolute atomic E-state index is 0.465. The smallest absolute Gasteiger partial charge is 0.135 e. The van der Waals surface area contributed by atoms with Crippen LogP contribution in [0.2, 0.25) is 0 Å². The van der Waals surface area contributed by atoms with E-state index in [9.17, 15) is 0 Å². The van der Waals surface area contributed by atoms with E-state index in [1.54, 1.807) is 0 Å². The van der Waals surface area contributed by atoms with E-state index in [2.05, 4.69) is 33.9 Å². The first-order valence-corrected chi connectivity index (χ1v) is 5.39. The second-order valence-corrected chi connectivity index (χ2v) is 4.23. The molecule has 4 heteroatoms. The molecule has 2 heterocycles. The van der Waals surface area contributed by atoms with Crippen molar-refractivity contribution in [2.75, 3.05) is 13.1 Å². The summed E-state index contributed by atoms with van der Waals surface area (Å²) in [7, 11) is 0. The van der Waals surface area contributed by atoms with Crippen molar-refractivity contribution >= 4 is 0 Å². The van der Waals surface area contributed by atoms with Gasteiger partial charge in [0.25, 0.3) is 0 Å². The number of piperidine rings is 1. The van der Waals surface area contributed by atoms with Crippen LogP contribution in [0.15, 0.2) is 6.33 Å². The van der Waals surface area contributed by atoms with Gasteiger partial charge in [-0.15, -0.1) is 10.2 Å². The van der Waals surface area contributed by atoms with Crippen molar-refractivity contribution in [2.45, 2.75) is 38.6 Å². The lowest BCUT2D eigenvalue weighted by Gasteiger charge is -2.25. The zero-order valence-corrected chi connectivity index (χ0v) is 8.90. The Hall–Kier alpha value is -0.900. The lowest BCUT2D eigenvalue weighted by molar-refractivity contribution is 0.356. The Morgan fingerprint density at radius 3 is 2.79 bits per heavy atom. The summed E-state index contributed by atoms with van der Waals surface area (Å²) in [4.78, 5) is 0. The topological polar surface area (TPSA) is 42.7 Å². The molecule has 1 aliphatic heterocycles. The van der Waals surface area contributed by atoms with Gasteiger partial charge in [0.2, 0.25) is 0 Å². The molecule has 1 N–H and O–H groups in total. The number of hydrogen-bond donors (Lipinski definition) is 1. The molecular formula is C10H18N4. The van der Waals surface area contributed by atoms with Crippen molar-refractivity contribution in [1.29, 1.82) is 0 Å². The van der Waals surface area contributed by atoms with Gasteiger partial charge in [0, 0.05) is 12.0 Å². The van der Waals surface area contributed by atoms with E-state index in [1.165, 1.54) is 12.8 Å². The third-order valence-corrected chi connectivity index (χ3v) is 2.82. The van der Waals surface area contributed by atoms with Crippen molar-refractivity contribution in [3.8, 4) is 0 Å². The molecule has 0 amide bonds. The Labute approximate surface area is 84.7 Å². The lowest BCUT2D eigenvalue weighted by Crippen LogP contribution is -2.30. The lowest BCUT2D eigenvalue weighted by atomic mass is 10.1. The summed E-state index contributed by atoms with van der Waals surface area (Å²) < 4.78 is 2.26. The molecule has 1 saturated heterocycles. The molecule has 0 radical (unpaired) electrons. The van der Waals surface area contributed by atoms with E-state index >= 15 is 0 Å². The van der Waals surface area contributed by atoms with Crippen LogP contribution in [-0.2, 0) is 0 Å². The van der Waals surface area contributed by atoms with E-state index in [1.807, 2.05) is 6.33 Å². The fraction of sp³-hybridized carbons (Fsp3) is 0.800. The average Bonchev–Trinajstić information content (AvgIpc) is 2.67. The van der Waals surface area contributed by atoms with Gasteiger partial charge in [0.05, 0.1) is 0 Å². The van der Waals surface area contributed by atoms with Gasteiger partial charge in [-0.3, -0.25) is 0 Å². The minimum Gasteiger partial charge on any atom is -0.317 e. The van der Waals surface area contributed by atoms with E-state index in [-0.39, 0.29) is 0 Å². The largest absolute Gasteiger partial charge is 0.317 e. The molecule has 0 bridgehead atoms. The highest BCUT2D eigenvalue weighted by atomic mass is 15.3. The highest BCUT2D eigenvalue weighted by Gasteiger charge is 2.19. The van der Waals surface area contributed by atoms with Gasteiger partial charge in [-0.05, 0) is 25.9 Å². The number of aromatic nitrogens is 3. The van der Waals surface area contributed by atoms with Gasteiger partial charge in [0.15, 0.2) is 0 Å². The van der Waals surface area contributed by atoms with Crippen LogP contribution in [0, 0.1) is 0 Å². The van der Waals surface area contributed by atoms with Crippen LogP contribution in [0.5, 0.6) is 0 Å². The Bertz CT molecular complexity index is 286. The van der Waals surface area contributed by atoms with E-state index in [0.29, 0.717) is 12.0 Å². The molecule has 0 unspecified atom stereocenters. The molecule has 1 aliphatic rings. The molecule has 1 fully saturated rings. The Morgan fingerprint density at radius 2 is 2.14 bits per heavy atom. The molecule has 0 spiro atoms. The maximum atomic E-state index is 4.18. The fourth-order valence-electron chi connectivity index (χ4n) is 2.03. The standard InChI is InChI=1S/C10H18N4/c1-8(2)10-13-12-7-14(10)9-3-5-11-6-4-9/h7-9,11H,3-6H2,1-2H3. The molecule has 0 aliphatic carbocycles. The summed E-state index contributed by atoms with van der Waals surface area (Å²) >= 11 is 0. The second-order valence-electron chi connectivity index (χ2n) is 4.23. The summed E-state index contributed by atoms with van der Waals surface area (Å²) in [6.45, 7) is 6.56. The van der Waals surface area contributed by atoms with Crippen LogP contribution in [0.25, 0.3) is 0 Å². The number of nitrogens with zero attached hydrogens (tertiary/aromatic N) is 3. The maximum Gasteiger partial charge on any atom is 0.135 e. The molecule has 4 nitrogen and oxygen atoms in total. The molecule has 14 heavy (non-hydrogen) atoms. The Morgan fingerprint density at radius 1 is 1.43 bits per heavy atom. The third-order valence-electron chi connectivity index (χ3n) is 2.82. The molecular weight excluding hydrogens is 176 g/mol. The second kappa shape index (κ2) is 4.09. The van der Waals surface area contributed by atoms with Gasteiger partial charge in [-0.25, -0.2) is 0 Å². The molecule has 0 atom stereocenters. The van der Waals surface area contributed by atoms with Gasteiger partial charge in [-0.2, -0.15) is 0 Å².